The summed E-state index contributed by atoms with van der Waals surface area (Å²) in [6.45, 7) is 3.38. The number of fused-ring (bicyclic) bond motifs is 13. The van der Waals surface area contributed by atoms with Crippen molar-refractivity contribution in [2.45, 2.75) is 32.9 Å². The van der Waals surface area contributed by atoms with Crippen LogP contribution >= 0.6 is 0 Å². The van der Waals surface area contributed by atoms with Crippen molar-refractivity contribution in [2.75, 3.05) is 0 Å². The highest BCUT2D eigenvalue weighted by Gasteiger charge is 2.14. The van der Waals surface area contributed by atoms with Crippen molar-refractivity contribution in [2.24, 2.45) is 17.2 Å². The lowest BCUT2D eigenvalue weighted by molar-refractivity contribution is 1.08. The Morgan fingerprint density at radius 3 is 1.08 bits per heavy atom. The third-order valence-electron chi connectivity index (χ3n) is 13.3. The molecule has 0 radical (unpaired) electrons. The summed E-state index contributed by atoms with van der Waals surface area (Å²) in [5.41, 5.74) is 27.7. The van der Waals surface area contributed by atoms with E-state index < -0.39 is 0 Å². The molecule has 0 saturated carbocycles. The van der Waals surface area contributed by atoms with Crippen molar-refractivity contribution in [1.29, 1.82) is 0 Å². The van der Waals surface area contributed by atoms with E-state index >= 15 is 0 Å². The standard InChI is InChI=1S/C25H23N.2C19H15N/c1-18(19-10-4-2-5-11-19)21-16-17-24(23-15-9-8-14-22(21)23)25(26)20-12-6-3-7-13-20;2*20-12-13-9-10-18-16-7-2-1-5-14(16)15-6-3-4-8-17(15)19(18)11-13/h2-10,12,14-17H,11,13,26H2,1H3;2*1-11H,12,20H2/b19-18+,25-20-;;. The molecule has 10 aromatic rings. The third-order valence-corrected chi connectivity index (χ3v) is 13.3. The first-order chi connectivity index (χ1) is 32.5. The van der Waals surface area contributed by atoms with E-state index in [0.29, 0.717) is 13.1 Å². The van der Waals surface area contributed by atoms with Crippen LogP contribution in [0.1, 0.15) is 42.0 Å². The Kier molecular flexibility index (Phi) is 12.0. The van der Waals surface area contributed by atoms with Crippen molar-refractivity contribution in [3.8, 4) is 0 Å². The normalized spacial score (nSPS) is 14.8. The van der Waals surface area contributed by atoms with Crippen LogP contribution in [-0.2, 0) is 13.1 Å². The molecule has 0 bridgehead atoms. The first kappa shape index (κ1) is 42.1. The van der Waals surface area contributed by atoms with Crippen molar-refractivity contribution >= 4 is 86.7 Å². The van der Waals surface area contributed by atoms with Crippen molar-refractivity contribution in [3.63, 3.8) is 0 Å². The predicted molar refractivity (Wildman–Crippen MR) is 287 cm³/mol. The summed E-state index contributed by atoms with van der Waals surface area (Å²) in [5.74, 6) is 0. The van der Waals surface area contributed by atoms with Crippen LogP contribution in [0, 0.1) is 0 Å². The van der Waals surface area contributed by atoms with Gasteiger partial charge in [-0.3, -0.25) is 0 Å². The molecular weight excluding hydrogens is 799 g/mol. The van der Waals surface area contributed by atoms with Gasteiger partial charge >= 0.3 is 0 Å². The molecular formula is C63H53N3. The van der Waals surface area contributed by atoms with Gasteiger partial charge in [-0.2, -0.15) is 0 Å². The highest BCUT2D eigenvalue weighted by Crippen LogP contribution is 2.38. The van der Waals surface area contributed by atoms with Crippen LogP contribution in [0.2, 0.25) is 0 Å². The van der Waals surface area contributed by atoms with Crippen LogP contribution in [0.3, 0.4) is 0 Å². The molecule has 3 nitrogen and oxygen atoms in total. The topological polar surface area (TPSA) is 78.1 Å². The predicted octanol–water partition coefficient (Wildman–Crippen LogP) is 15.5. The average molecular weight is 852 g/mol. The first-order valence-electron chi connectivity index (χ1n) is 22.9. The Morgan fingerprint density at radius 1 is 0.364 bits per heavy atom. The molecule has 0 heterocycles. The highest BCUT2D eigenvalue weighted by molar-refractivity contribution is 6.26. The highest BCUT2D eigenvalue weighted by atomic mass is 14.6. The number of rotatable bonds is 4. The average Bonchev–Trinajstić information content (AvgIpc) is 3.41. The van der Waals surface area contributed by atoms with Crippen LogP contribution in [-0.4, -0.2) is 0 Å². The minimum Gasteiger partial charge on any atom is -0.398 e. The van der Waals surface area contributed by atoms with E-state index in [1.54, 1.807) is 0 Å². The summed E-state index contributed by atoms with van der Waals surface area (Å²) in [4.78, 5) is 0. The number of allylic oxidation sites excluding steroid dienone is 11. The van der Waals surface area contributed by atoms with Gasteiger partial charge in [0.05, 0.1) is 0 Å². The molecule has 0 spiro atoms. The van der Waals surface area contributed by atoms with Gasteiger partial charge in [0.1, 0.15) is 0 Å². The van der Waals surface area contributed by atoms with E-state index in [4.69, 9.17) is 17.2 Å². The van der Waals surface area contributed by atoms with E-state index in [0.717, 1.165) is 24.1 Å². The van der Waals surface area contributed by atoms with Crippen molar-refractivity contribution in [1.82, 2.24) is 0 Å². The fourth-order valence-electron chi connectivity index (χ4n) is 9.87. The van der Waals surface area contributed by atoms with Crippen LogP contribution in [0.25, 0.3) is 86.7 Å². The second kappa shape index (κ2) is 18.7. The lowest BCUT2D eigenvalue weighted by Gasteiger charge is -2.16. The smallest absolute Gasteiger partial charge is 0.0429 e. The summed E-state index contributed by atoms with van der Waals surface area (Å²) in [6.07, 6.45) is 18.9. The molecule has 2 aliphatic rings. The van der Waals surface area contributed by atoms with Gasteiger partial charge in [0.25, 0.3) is 0 Å². The van der Waals surface area contributed by atoms with E-state index in [1.165, 1.54) is 109 Å². The fraction of sp³-hybridized carbons (Fsp3) is 0.0794. The molecule has 66 heavy (non-hydrogen) atoms. The maximum absolute atomic E-state index is 6.57. The molecule has 10 aromatic carbocycles. The van der Waals surface area contributed by atoms with Crippen LogP contribution in [0.5, 0.6) is 0 Å². The van der Waals surface area contributed by atoms with E-state index in [1.807, 2.05) is 0 Å². The summed E-state index contributed by atoms with van der Waals surface area (Å²) in [7, 11) is 0. The fourth-order valence-corrected chi connectivity index (χ4v) is 9.87. The molecule has 0 amide bonds. The lowest BCUT2D eigenvalue weighted by Crippen LogP contribution is -2.03. The van der Waals surface area contributed by atoms with Crippen LogP contribution < -0.4 is 17.2 Å². The maximum atomic E-state index is 6.57. The number of benzene rings is 10. The van der Waals surface area contributed by atoms with Crippen molar-refractivity contribution < 1.29 is 0 Å². The van der Waals surface area contributed by atoms with Crippen LogP contribution in [0.15, 0.2) is 230 Å². The monoisotopic (exact) mass is 851 g/mol. The summed E-state index contributed by atoms with van der Waals surface area (Å²) in [6, 6.07) is 60.5. The van der Waals surface area contributed by atoms with E-state index in [-0.39, 0.29) is 0 Å². The van der Waals surface area contributed by atoms with Gasteiger partial charge in [-0.15, -0.1) is 0 Å². The van der Waals surface area contributed by atoms with Gasteiger partial charge < -0.3 is 17.2 Å². The largest absolute Gasteiger partial charge is 0.398 e. The van der Waals surface area contributed by atoms with Gasteiger partial charge in [-0.1, -0.05) is 206 Å². The van der Waals surface area contributed by atoms with Gasteiger partial charge in [-0.05, 0) is 141 Å². The second-order valence-corrected chi connectivity index (χ2v) is 17.1. The Balaban J connectivity index is 0.000000118. The molecule has 0 fully saturated rings. The first-order valence-corrected chi connectivity index (χ1v) is 22.9. The number of hydrogen-bond donors (Lipinski definition) is 3. The van der Waals surface area contributed by atoms with Gasteiger partial charge in [0.2, 0.25) is 0 Å². The molecule has 12 rings (SSSR count). The molecule has 0 aromatic heterocycles. The zero-order chi connectivity index (χ0) is 45.0. The van der Waals surface area contributed by atoms with Crippen molar-refractivity contribution in [3.05, 3.63) is 252 Å². The summed E-state index contributed by atoms with van der Waals surface area (Å²) >= 11 is 0. The van der Waals surface area contributed by atoms with Gasteiger partial charge in [0.15, 0.2) is 0 Å². The lowest BCUT2D eigenvalue weighted by atomic mass is 9.89. The Labute approximate surface area is 386 Å². The quantitative estimate of drug-likeness (QED) is 0.154. The van der Waals surface area contributed by atoms with E-state index in [2.05, 4.69) is 225 Å². The summed E-state index contributed by atoms with van der Waals surface area (Å²) in [5, 5.41) is 18.1. The Hall–Kier alpha value is -7.82. The molecule has 0 aliphatic heterocycles. The zero-order valence-corrected chi connectivity index (χ0v) is 37.3. The maximum Gasteiger partial charge on any atom is 0.0429 e. The minimum absolute atomic E-state index is 0.580. The summed E-state index contributed by atoms with van der Waals surface area (Å²) < 4.78 is 0. The molecule has 0 unspecified atom stereocenters. The van der Waals surface area contributed by atoms with Gasteiger partial charge in [0, 0.05) is 24.4 Å². The molecule has 0 atom stereocenters. The number of nitrogens with two attached hydrogens (primary N) is 3. The molecule has 6 N–H and O–H groups in total. The molecule has 3 heteroatoms. The minimum atomic E-state index is 0.580. The Bertz CT molecular complexity index is 3380. The zero-order valence-electron chi connectivity index (χ0n) is 37.3. The third kappa shape index (κ3) is 8.01. The molecule has 320 valence electrons. The molecule has 2 aliphatic carbocycles. The molecule has 0 saturated heterocycles. The SMILES string of the molecule is C/C(=C1/C=CC=CC1)c1ccc(/C(N)=C2\C=CC=CC2)c2ccccc12.NCc1ccc2c3ccccc3c3ccccc3c2c1.NCc1ccc2c3ccccc3c3ccccc3c2c1. The Morgan fingerprint density at radius 2 is 0.697 bits per heavy atom. The van der Waals surface area contributed by atoms with Gasteiger partial charge in [-0.25, -0.2) is 0 Å². The van der Waals surface area contributed by atoms with Crippen LogP contribution in [0.4, 0.5) is 0 Å². The number of hydrogen-bond acceptors (Lipinski definition) is 3. The second-order valence-electron chi connectivity index (χ2n) is 17.1. The van der Waals surface area contributed by atoms with E-state index in [9.17, 15) is 0 Å².